The zero-order valence-electron chi connectivity index (χ0n) is 8.24. The van der Waals surface area contributed by atoms with Crippen molar-refractivity contribution in [3.05, 3.63) is 22.9 Å². The summed E-state index contributed by atoms with van der Waals surface area (Å²) in [5.41, 5.74) is 1.10. The molecule has 1 N–H and O–H groups in total. The minimum atomic E-state index is 0.127. The molecule has 1 aliphatic rings. The first-order valence-corrected chi connectivity index (χ1v) is 5.68. The molecule has 5 heteroatoms. The molecule has 0 unspecified atom stereocenters. The van der Waals surface area contributed by atoms with Crippen LogP contribution in [0.2, 0.25) is 0 Å². The highest BCUT2D eigenvalue weighted by atomic mass is 79.9. The van der Waals surface area contributed by atoms with Gasteiger partial charge in [-0.05, 0) is 22.0 Å². The summed E-state index contributed by atoms with van der Waals surface area (Å²) < 4.78 is 0.972. The van der Waals surface area contributed by atoms with Crippen LogP contribution in [-0.2, 0) is 4.79 Å². The smallest absolute Gasteiger partial charge is 0.221 e. The molecule has 2 rings (SSSR count). The van der Waals surface area contributed by atoms with Gasteiger partial charge in [-0.15, -0.1) is 0 Å². The van der Waals surface area contributed by atoms with Crippen molar-refractivity contribution >= 4 is 27.5 Å². The minimum absolute atomic E-state index is 0.127. The number of nitrogens with zero attached hydrogens (tertiary/aromatic N) is 2. The van der Waals surface area contributed by atoms with Crippen LogP contribution in [0.15, 0.2) is 22.9 Å². The molecule has 1 fully saturated rings. The van der Waals surface area contributed by atoms with Gasteiger partial charge in [0.1, 0.15) is 0 Å². The van der Waals surface area contributed by atoms with Gasteiger partial charge >= 0.3 is 0 Å². The maximum Gasteiger partial charge on any atom is 0.221 e. The minimum Gasteiger partial charge on any atom is -0.368 e. The zero-order chi connectivity index (χ0) is 10.7. The second-order valence-corrected chi connectivity index (χ2v) is 4.27. The summed E-state index contributed by atoms with van der Waals surface area (Å²) in [7, 11) is 0. The van der Waals surface area contributed by atoms with E-state index >= 15 is 0 Å². The highest BCUT2D eigenvalue weighted by Crippen LogP contribution is 2.24. The summed E-state index contributed by atoms with van der Waals surface area (Å²) in [6.07, 6.45) is 4.09. The van der Waals surface area contributed by atoms with E-state index in [1.165, 1.54) is 0 Å². The molecular formula is C10H12BrN3O. The normalized spacial score (nSPS) is 17.1. The number of nitrogens with one attached hydrogen (secondary N) is 1. The fourth-order valence-electron chi connectivity index (χ4n) is 1.63. The van der Waals surface area contributed by atoms with Crippen molar-refractivity contribution in [3.63, 3.8) is 0 Å². The maximum absolute atomic E-state index is 11.2. The van der Waals surface area contributed by atoms with Gasteiger partial charge in [0.25, 0.3) is 0 Å². The number of amides is 1. The van der Waals surface area contributed by atoms with Gasteiger partial charge < -0.3 is 10.2 Å². The SMILES string of the molecule is O=C1CCN(c2ccncc2Br)CCN1. The summed E-state index contributed by atoms with van der Waals surface area (Å²) in [5, 5.41) is 2.85. The van der Waals surface area contributed by atoms with E-state index in [0.717, 1.165) is 23.2 Å². The number of pyridine rings is 1. The number of carbonyl (C=O) groups is 1. The third-order valence-corrected chi connectivity index (χ3v) is 3.02. The lowest BCUT2D eigenvalue weighted by Crippen LogP contribution is -2.28. The van der Waals surface area contributed by atoms with Gasteiger partial charge in [0.15, 0.2) is 0 Å². The van der Waals surface area contributed by atoms with Crippen LogP contribution in [0.1, 0.15) is 6.42 Å². The Labute approximate surface area is 96.8 Å². The Hall–Kier alpha value is -1.10. The van der Waals surface area contributed by atoms with E-state index in [-0.39, 0.29) is 5.91 Å². The highest BCUT2D eigenvalue weighted by molar-refractivity contribution is 9.10. The Morgan fingerprint density at radius 1 is 1.47 bits per heavy atom. The van der Waals surface area contributed by atoms with Gasteiger partial charge in [-0.1, -0.05) is 0 Å². The standard InChI is InChI=1S/C10H12BrN3O/c11-8-7-12-3-1-9(8)14-5-2-10(15)13-4-6-14/h1,3,7H,2,4-6H2,(H,13,15). The quantitative estimate of drug-likeness (QED) is 0.833. The van der Waals surface area contributed by atoms with Gasteiger partial charge in [-0.3, -0.25) is 9.78 Å². The van der Waals surface area contributed by atoms with Crippen molar-refractivity contribution in [1.29, 1.82) is 0 Å². The van der Waals surface area contributed by atoms with E-state index < -0.39 is 0 Å². The van der Waals surface area contributed by atoms with Crippen LogP contribution in [0.25, 0.3) is 0 Å². The van der Waals surface area contributed by atoms with Crippen molar-refractivity contribution < 1.29 is 4.79 Å². The molecule has 0 aliphatic carbocycles. The first kappa shape index (κ1) is 10.4. The van der Waals surface area contributed by atoms with Crippen molar-refractivity contribution in [2.24, 2.45) is 0 Å². The Bertz CT molecular complexity index is 369. The number of carbonyl (C=O) groups excluding carboxylic acids is 1. The Morgan fingerprint density at radius 2 is 2.33 bits per heavy atom. The van der Waals surface area contributed by atoms with Gasteiger partial charge in [-0.2, -0.15) is 0 Å². The molecule has 15 heavy (non-hydrogen) atoms. The van der Waals surface area contributed by atoms with Gasteiger partial charge in [0, 0.05) is 38.4 Å². The molecule has 1 aliphatic heterocycles. The first-order valence-electron chi connectivity index (χ1n) is 4.88. The number of hydrogen-bond acceptors (Lipinski definition) is 3. The van der Waals surface area contributed by atoms with Crippen molar-refractivity contribution in [2.75, 3.05) is 24.5 Å². The van der Waals surface area contributed by atoms with E-state index in [2.05, 4.69) is 31.1 Å². The lowest BCUT2D eigenvalue weighted by molar-refractivity contribution is -0.120. The molecule has 0 aromatic carbocycles. The summed E-state index contributed by atoms with van der Waals surface area (Å²) >= 11 is 3.46. The molecule has 0 spiro atoms. The number of rotatable bonds is 1. The summed E-state index contributed by atoms with van der Waals surface area (Å²) in [4.78, 5) is 17.4. The van der Waals surface area contributed by atoms with E-state index in [1.54, 1.807) is 12.4 Å². The van der Waals surface area contributed by atoms with E-state index in [9.17, 15) is 4.79 Å². The number of halogens is 1. The second kappa shape index (κ2) is 4.61. The predicted molar refractivity (Wildman–Crippen MR) is 61.8 cm³/mol. The average Bonchev–Trinajstić information content (AvgIpc) is 2.44. The molecule has 2 heterocycles. The number of anilines is 1. The lowest BCUT2D eigenvalue weighted by atomic mass is 10.3. The molecule has 0 atom stereocenters. The van der Waals surface area contributed by atoms with Crippen LogP contribution in [0.4, 0.5) is 5.69 Å². The molecule has 1 aromatic heterocycles. The lowest BCUT2D eigenvalue weighted by Gasteiger charge is -2.22. The van der Waals surface area contributed by atoms with Crippen molar-refractivity contribution in [2.45, 2.75) is 6.42 Å². The monoisotopic (exact) mass is 269 g/mol. The molecule has 0 radical (unpaired) electrons. The van der Waals surface area contributed by atoms with Gasteiger partial charge in [0.2, 0.25) is 5.91 Å². The van der Waals surface area contributed by atoms with Crippen LogP contribution < -0.4 is 10.2 Å². The molecule has 1 amide bonds. The average molecular weight is 270 g/mol. The summed E-state index contributed by atoms with van der Waals surface area (Å²) in [6.45, 7) is 2.30. The summed E-state index contributed by atoms with van der Waals surface area (Å²) in [6, 6.07) is 1.96. The maximum atomic E-state index is 11.2. The van der Waals surface area contributed by atoms with Crippen molar-refractivity contribution in [3.8, 4) is 0 Å². The molecule has 1 aromatic rings. The Balaban J connectivity index is 2.16. The molecule has 80 valence electrons. The number of aromatic nitrogens is 1. The third kappa shape index (κ3) is 2.47. The van der Waals surface area contributed by atoms with Crippen LogP contribution in [-0.4, -0.2) is 30.5 Å². The topological polar surface area (TPSA) is 45.2 Å². The van der Waals surface area contributed by atoms with Crippen LogP contribution in [0, 0.1) is 0 Å². The molecule has 0 bridgehead atoms. The summed E-state index contributed by atoms with van der Waals surface area (Å²) in [5.74, 6) is 0.127. The van der Waals surface area contributed by atoms with E-state index in [0.29, 0.717) is 13.0 Å². The molecule has 1 saturated heterocycles. The van der Waals surface area contributed by atoms with E-state index in [1.807, 2.05) is 6.07 Å². The predicted octanol–water partition coefficient (Wildman–Crippen LogP) is 1.17. The highest BCUT2D eigenvalue weighted by Gasteiger charge is 2.15. The first-order chi connectivity index (χ1) is 7.27. The fraction of sp³-hybridized carbons (Fsp3) is 0.400. The van der Waals surface area contributed by atoms with Crippen LogP contribution in [0.3, 0.4) is 0 Å². The van der Waals surface area contributed by atoms with Crippen LogP contribution >= 0.6 is 15.9 Å². The second-order valence-electron chi connectivity index (χ2n) is 3.41. The molecular weight excluding hydrogens is 258 g/mol. The Kier molecular flexibility index (Phi) is 3.20. The van der Waals surface area contributed by atoms with Crippen LogP contribution in [0.5, 0.6) is 0 Å². The number of hydrogen-bond donors (Lipinski definition) is 1. The molecule has 4 nitrogen and oxygen atoms in total. The van der Waals surface area contributed by atoms with Gasteiger partial charge in [-0.25, -0.2) is 0 Å². The Morgan fingerprint density at radius 3 is 3.13 bits per heavy atom. The zero-order valence-corrected chi connectivity index (χ0v) is 9.83. The molecule has 0 saturated carbocycles. The third-order valence-electron chi connectivity index (χ3n) is 2.40. The fourth-order valence-corrected chi connectivity index (χ4v) is 2.13. The van der Waals surface area contributed by atoms with E-state index in [4.69, 9.17) is 0 Å². The van der Waals surface area contributed by atoms with Crippen molar-refractivity contribution in [1.82, 2.24) is 10.3 Å². The largest absolute Gasteiger partial charge is 0.368 e. The van der Waals surface area contributed by atoms with Gasteiger partial charge in [0.05, 0.1) is 10.2 Å².